The molecule has 3 nitrogen and oxygen atoms in total. The molecular weight excluding hydrogens is 270 g/mol. The summed E-state index contributed by atoms with van der Waals surface area (Å²) in [6, 6.07) is 17.2. The molecule has 1 N–H and O–H groups in total. The lowest BCUT2D eigenvalue weighted by molar-refractivity contribution is 1.27. The molecule has 0 aliphatic carbocycles. The van der Waals surface area contributed by atoms with E-state index in [4.69, 9.17) is 11.6 Å². The van der Waals surface area contributed by atoms with Gasteiger partial charge in [-0.15, -0.1) is 0 Å². The highest BCUT2D eigenvalue weighted by Crippen LogP contribution is 2.19. The van der Waals surface area contributed by atoms with Gasteiger partial charge in [0.15, 0.2) is 0 Å². The van der Waals surface area contributed by atoms with Crippen LogP contribution in [0.1, 0.15) is 11.4 Å². The van der Waals surface area contributed by atoms with Gasteiger partial charge in [0.25, 0.3) is 0 Å². The van der Waals surface area contributed by atoms with Crippen molar-refractivity contribution in [1.82, 2.24) is 9.97 Å². The summed E-state index contributed by atoms with van der Waals surface area (Å²) < 4.78 is 0. The Morgan fingerprint density at radius 3 is 2.60 bits per heavy atom. The zero-order chi connectivity index (χ0) is 13.9. The van der Waals surface area contributed by atoms with Gasteiger partial charge in [-0.1, -0.05) is 35.9 Å². The number of fused-ring (bicyclic) bond motifs is 1. The van der Waals surface area contributed by atoms with Crippen molar-refractivity contribution in [2.24, 2.45) is 0 Å². The number of H-pyrrole nitrogens is 1. The average molecular weight is 280 g/mol. The molecule has 2 aromatic carbocycles. The van der Waals surface area contributed by atoms with Gasteiger partial charge in [0.2, 0.25) is 0 Å². The van der Waals surface area contributed by atoms with Crippen LogP contribution < -0.4 is 0 Å². The van der Waals surface area contributed by atoms with Crippen molar-refractivity contribution < 1.29 is 0 Å². The highest BCUT2D eigenvalue weighted by molar-refractivity contribution is 6.30. The van der Waals surface area contributed by atoms with Crippen LogP contribution in [-0.2, 0) is 0 Å². The molecule has 0 amide bonds. The van der Waals surface area contributed by atoms with Gasteiger partial charge in [0, 0.05) is 5.02 Å². The minimum absolute atomic E-state index is 0.489. The number of allylic oxidation sites excluding steroid dienone is 1. The summed E-state index contributed by atoms with van der Waals surface area (Å²) in [6.07, 6.45) is 1.79. The Labute approximate surface area is 121 Å². The lowest BCUT2D eigenvalue weighted by Gasteiger charge is -1.96. The second-order valence-corrected chi connectivity index (χ2v) is 4.76. The molecule has 0 saturated carbocycles. The first-order valence-electron chi connectivity index (χ1n) is 6.09. The summed E-state index contributed by atoms with van der Waals surface area (Å²) in [7, 11) is 0. The van der Waals surface area contributed by atoms with Crippen molar-refractivity contribution in [1.29, 1.82) is 5.26 Å². The molecule has 1 heterocycles. The van der Waals surface area contributed by atoms with Crippen LogP contribution >= 0.6 is 11.6 Å². The van der Waals surface area contributed by atoms with E-state index >= 15 is 0 Å². The predicted molar refractivity (Wildman–Crippen MR) is 81.0 cm³/mol. The number of rotatable bonds is 2. The van der Waals surface area contributed by atoms with Crippen LogP contribution in [0, 0.1) is 11.3 Å². The highest BCUT2D eigenvalue weighted by atomic mass is 35.5. The van der Waals surface area contributed by atoms with Gasteiger partial charge in [0.05, 0.1) is 16.6 Å². The Morgan fingerprint density at radius 1 is 1.15 bits per heavy atom. The molecule has 3 rings (SSSR count). The third kappa shape index (κ3) is 2.42. The van der Waals surface area contributed by atoms with Gasteiger partial charge in [-0.2, -0.15) is 5.26 Å². The molecule has 20 heavy (non-hydrogen) atoms. The second-order valence-electron chi connectivity index (χ2n) is 4.32. The normalized spacial score (nSPS) is 11.5. The van der Waals surface area contributed by atoms with Crippen molar-refractivity contribution in [3.63, 3.8) is 0 Å². The fourth-order valence-electron chi connectivity index (χ4n) is 1.96. The number of para-hydroxylation sites is 2. The minimum Gasteiger partial charge on any atom is -0.337 e. The van der Waals surface area contributed by atoms with Crippen molar-refractivity contribution in [3.05, 3.63) is 64.9 Å². The molecule has 96 valence electrons. The molecule has 0 aliphatic heterocycles. The monoisotopic (exact) mass is 279 g/mol. The van der Waals surface area contributed by atoms with Crippen LogP contribution in [-0.4, -0.2) is 9.97 Å². The van der Waals surface area contributed by atoms with Crippen molar-refractivity contribution in [2.45, 2.75) is 0 Å². The summed E-state index contributed by atoms with van der Waals surface area (Å²) in [5, 5.41) is 9.99. The summed E-state index contributed by atoms with van der Waals surface area (Å²) in [5.41, 5.74) is 3.16. The average Bonchev–Trinajstić information content (AvgIpc) is 2.90. The summed E-state index contributed by atoms with van der Waals surface area (Å²) in [5.74, 6) is 0.573. The maximum Gasteiger partial charge on any atom is 0.149 e. The van der Waals surface area contributed by atoms with E-state index in [-0.39, 0.29) is 0 Å². The number of nitriles is 1. The van der Waals surface area contributed by atoms with Crippen LogP contribution in [0.3, 0.4) is 0 Å². The highest BCUT2D eigenvalue weighted by Gasteiger charge is 2.07. The van der Waals surface area contributed by atoms with Gasteiger partial charge in [-0.05, 0) is 35.9 Å². The van der Waals surface area contributed by atoms with E-state index in [0.717, 1.165) is 16.6 Å². The van der Waals surface area contributed by atoms with Gasteiger partial charge in [-0.25, -0.2) is 4.98 Å². The first-order chi connectivity index (χ1) is 9.76. The molecule has 0 bridgehead atoms. The number of nitrogens with zero attached hydrogens (tertiary/aromatic N) is 2. The number of aromatic amines is 1. The first kappa shape index (κ1) is 12.5. The zero-order valence-corrected chi connectivity index (χ0v) is 11.2. The molecular formula is C16H10ClN3. The third-order valence-electron chi connectivity index (χ3n) is 2.95. The number of imidazole rings is 1. The van der Waals surface area contributed by atoms with Crippen LogP contribution in [0.15, 0.2) is 48.5 Å². The molecule has 0 saturated heterocycles. The van der Waals surface area contributed by atoms with E-state index in [9.17, 15) is 5.26 Å². The molecule has 4 heteroatoms. The zero-order valence-electron chi connectivity index (χ0n) is 10.5. The topological polar surface area (TPSA) is 52.5 Å². The quantitative estimate of drug-likeness (QED) is 0.712. The Kier molecular flexibility index (Phi) is 3.24. The molecule has 0 fully saturated rings. The number of halogens is 1. The van der Waals surface area contributed by atoms with Crippen LogP contribution in [0.25, 0.3) is 22.7 Å². The SMILES string of the molecule is N#C/C(=C\c1ccc(Cl)cc1)c1nc2ccccc2[nH]1. The van der Waals surface area contributed by atoms with Crippen molar-refractivity contribution in [3.8, 4) is 6.07 Å². The third-order valence-corrected chi connectivity index (χ3v) is 3.20. The van der Waals surface area contributed by atoms with E-state index < -0.39 is 0 Å². The lowest BCUT2D eigenvalue weighted by Crippen LogP contribution is -1.84. The standard InChI is InChI=1S/C16H10ClN3/c17-13-7-5-11(6-8-13)9-12(10-18)16-19-14-3-1-2-4-15(14)20-16/h1-9H,(H,19,20)/b12-9+. The summed E-state index contributed by atoms with van der Waals surface area (Å²) in [4.78, 5) is 7.58. The Hall–Kier alpha value is -2.57. The predicted octanol–water partition coefficient (Wildman–Crippen LogP) is 4.28. The summed E-state index contributed by atoms with van der Waals surface area (Å²) in [6.45, 7) is 0. The van der Waals surface area contributed by atoms with Crippen molar-refractivity contribution >= 4 is 34.3 Å². The van der Waals surface area contributed by atoms with E-state index in [1.54, 1.807) is 18.2 Å². The number of nitrogens with one attached hydrogen (secondary N) is 1. The van der Waals surface area contributed by atoms with E-state index in [1.807, 2.05) is 36.4 Å². The number of aromatic nitrogens is 2. The van der Waals surface area contributed by atoms with Crippen LogP contribution in [0.2, 0.25) is 5.02 Å². The smallest absolute Gasteiger partial charge is 0.149 e. The van der Waals surface area contributed by atoms with E-state index in [0.29, 0.717) is 16.4 Å². The lowest BCUT2D eigenvalue weighted by atomic mass is 10.1. The Bertz CT molecular complexity index is 790. The Morgan fingerprint density at radius 2 is 1.90 bits per heavy atom. The summed E-state index contributed by atoms with van der Waals surface area (Å²) >= 11 is 5.85. The molecule has 3 aromatic rings. The minimum atomic E-state index is 0.489. The van der Waals surface area contributed by atoms with Crippen LogP contribution in [0.5, 0.6) is 0 Å². The molecule has 0 atom stereocenters. The molecule has 0 aliphatic rings. The maximum absolute atomic E-state index is 9.32. The molecule has 0 radical (unpaired) electrons. The molecule has 1 aromatic heterocycles. The number of benzene rings is 2. The van der Waals surface area contributed by atoms with Gasteiger partial charge < -0.3 is 4.98 Å². The van der Waals surface area contributed by atoms with Gasteiger partial charge in [-0.3, -0.25) is 0 Å². The van der Waals surface area contributed by atoms with Crippen molar-refractivity contribution in [2.75, 3.05) is 0 Å². The van der Waals surface area contributed by atoms with E-state index in [1.165, 1.54) is 0 Å². The first-order valence-corrected chi connectivity index (χ1v) is 6.46. The largest absolute Gasteiger partial charge is 0.337 e. The number of hydrogen-bond donors (Lipinski definition) is 1. The van der Waals surface area contributed by atoms with Crippen LogP contribution in [0.4, 0.5) is 0 Å². The van der Waals surface area contributed by atoms with Gasteiger partial charge >= 0.3 is 0 Å². The fourth-order valence-corrected chi connectivity index (χ4v) is 2.09. The Balaban J connectivity index is 2.05. The molecule has 0 unspecified atom stereocenters. The maximum atomic E-state index is 9.32. The molecule has 0 spiro atoms. The second kappa shape index (κ2) is 5.20. The van der Waals surface area contributed by atoms with E-state index in [2.05, 4.69) is 16.0 Å². The van der Waals surface area contributed by atoms with Gasteiger partial charge in [0.1, 0.15) is 11.9 Å². The number of hydrogen-bond acceptors (Lipinski definition) is 2. The fraction of sp³-hybridized carbons (Fsp3) is 0.